The molecular formula is C29H30N2O4. The van der Waals surface area contributed by atoms with Gasteiger partial charge in [0.15, 0.2) is 0 Å². The van der Waals surface area contributed by atoms with Crippen LogP contribution >= 0.6 is 0 Å². The molecule has 35 heavy (non-hydrogen) atoms. The van der Waals surface area contributed by atoms with Gasteiger partial charge in [-0.25, -0.2) is 0 Å². The molecule has 2 heterocycles. The number of aliphatic hydroxyl groups excluding tert-OH is 1. The molecule has 6 nitrogen and oxygen atoms in total. The summed E-state index contributed by atoms with van der Waals surface area (Å²) in [5.41, 5.74) is 4.14. The van der Waals surface area contributed by atoms with Crippen molar-refractivity contribution < 1.29 is 19.4 Å². The quantitative estimate of drug-likeness (QED) is 0.304. The molecule has 0 spiro atoms. The summed E-state index contributed by atoms with van der Waals surface area (Å²) >= 11 is 0. The predicted octanol–water partition coefficient (Wildman–Crippen LogP) is 5.63. The number of hydrogen-bond donors (Lipinski definition) is 1. The minimum absolute atomic E-state index is 0.0151. The highest BCUT2D eigenvalue weighted by Crippen LogP contribution is 2.42. The smallest absolute Gasteiger partial charge is 0.300 e. The molecule has 1 aliphatic rings. The van der Waals surface area contributed by atoms with Gasteiger partial charge in [0.1, 0.15) is 17.6 Å². The van der Waals surface area contributed by atoms with Crippen molar-refractivity contribution in [2.75, 3.05) is 12.0 Å². The van der Waals surface area contributed by atoms with Gasteiger partial charge in [0.05, 0.1) is 18.4 Å². The van der Waals surface area contributed by atoms with Crippen LogP contribution < -0.4 is 9.64 Å². The Labute approximate surface area is 205 Å². The molecule has 0 bridgehead atoms. The summed E-state index contributed by atoms with van der Waals surface area (Å²) in [4.78, 5) is 32.6. The SMILES string of the molecule is COc1cc(C)c(/C(O)=C2\C(=O)C(=O)N(c3ccc(C(C)(C)C)cc3)C2c2ccccn2)cc1C. The fraction of sp³-hybridized carbons (Fsp3) is 0.276. The number of nitrogens with zero attached hydrogens (tertiary/aromatic N) is 2. The minimum Gasteiger partial charge on any atom is -0.507 e. The number of carbonyl (C=O) groups is 2. The number of Topliss-reactive ketones (excluding diaryl/α,β-unsaturated/α-hetero) is 1. The van der Waals surface area contributed by atoms with Crippen LogP contribution in [0.2, 0.25) is 0 Å². The summed E-state index contributed by atoms with van der Waals surface area (Å²) in [6.45, 7) is 10.0. The molecule has 1 fully saturated rings. The molecule has 0 saturated carbocycles. The molecular weight excluding hydrogens is 440 g/mol. The third-order valence-corrected chi connectivity index (χ3v) is 6.42. The van der Waals surface area contributed by atoms with Gasteiger partial charge in [-0.3, -0.25) is 19.5 Å². The van der Waals surface area contributed by atoms with Crippen LogP contribution in [0.4, 0.5) is 5.69 Å². The van der Waals surface area contributed by atoms with Gasteiger partial charge < -0.3 is 9.84 Å². The third kappa shape index (κ3) is 4.32. The second kappa shape index (κ2) is 9.02. The first kappa shape index (κ1) is 24.2. The first-order chi connectivity index (χ1) is 16.5. The predicted molar refractivity (Wildman–Crippen MR) is 137 cm³/mol. The number of aliphatic hydroxyl groups is 1. The average molecular weight is 471 g/mol. The van der Waals surface area contributed by atoms with E-state index < -0.39 is 17.7 Å². The summed E-state index contributed by atoms with van der Waals surface area (Å²) in [7, 11) is 1.58. The summed E-state index contributed by atoms with van der Waals surface area (Å²) in [5, 5.41) is 11.4. The molecule has 1 unspecified atom stereocenters. The zero-order valence-corrected chi connectivity index (χ0v) is 20.9. The van der Waals surface area contributed by atoms with Crippen molar-refractivity contribution in [2.45, 2.75) is 46.1 Å². The van der Waals surface area contributed by atoms with Crippen LogP contribution in [0.15, 0.2) is 66.4 Å². The van der Waals surface area contributed by atoms with E-state index in [4.69, 9.17) is 4.74 Å². The van der Waals surface area contributed by atoms with Crippen LogP contribution in [-0.4, -0.2) is 28.9 Å². The maximum absolute atomic E-state index is 13.4. The Morgan fingerprint density at radius 2 is 1.69 bits per heavy atom. The molecule has 1 aliphatic heterocycles. The molecule has 3 aromatic rings. The molecule has 1 atom stereocenters. The van der Waals surface area contributed by atoms with Gasteiger partial charge in [0.25, 0.3) is 11.7 Å². The summed E-state index contributed by atoms with van der Waals surface area (Å²) in [6, 6.07) is 15.6. The van der Waals surface area contributed by atoms with Crippen molar-refractivity contribution in [1.82, 2.24) is 4.98 Å². The Hall–Kier alpha value is -3.93. The molecule has 2 aromatic carbocycles. The van der Waals surface area contributed by atoms with Crippen molar-refractivity contribution in [2.24, 2.45) is 0 Å². The highest BCUT2D eigenvalue weighted by molar-refractivity contribution is 6.51. The molecule has 1 aromatic heterocycles. The van der Waals surface area contributed by atoms with Gasteiger partial charge in [0, 0.05) is 17.4 Å². The highest BCUT2D eigenvalue weighted by atomic mass is 16.5. The monoisotopic (exact) mass is 470 g/mol. The van der Waals surface area contributed by atoms with Crippen LogP contribution in [0.3, 0.4) is 0 Å². The van der Waals surface area contributed by atoms with Crippen LogP contribution in [0.25, 0.3) is 5.76 Å². The van der Waals surface area contributed by atoms with Crippen LogP contribution in [0.1, 0.15) is 54.8 Å². The minimum atomic E-state index is -0.863. The van der Waals surface area contributed by atoms with Gasteiger partial charge in [-0.15, -0.1) is 0 Å². The van der Waals surface area contributed by atoms with Crippen molar-refractivity contribution >= 4 is 23.1 Å². The number of carbonyl (C=O) groups excluding carboxylic acids is 2. The van der Waals surface area contributed by atoms with Gasteiger partial charge in [0.2, 0.25) is 0 Å². The van der Waals surface area contributed by atoms with Gasteiger partial charge in [-0.1, -0.05) is 39.0 Å². The standard InChI is InChI=1S/C29H30N2O4/c1-17-16-23(35-6)18(2)15-21(17)26(32)24-25(22-9-7-8-14-30-22)31(28(34)27(24)33)20-12-10-19(11-13-20)29(3,4)5/h7-16,25,32H,1-6H3/b26-24+. The Kier molecular flexibility index (Phi) is 6.24. The topological polar surface area (TPSA) is 79.7 Å². The number of hydrogen-bond acceptors (Lipinski definition) is 5. The van der Waals surface area contributed by atoms with Crippen molar-refractivity contribution in [3.63, 3.8) is 0 Å². The van der Waals surface area contributed by atoms with E-state index in [-0.39, 0.29) is 16.7 Å². The van der Waals surface area contributed by atoms with E-state index in [0.717, 1.165) is 16.7 Å². The molecule has 1 amide bonds. The van der Waals surface area contributed by atoms with Crippen molar-refractivity contribution in [1.29, 1.82) is 0 Å². The van der Waals surface area contributed by atoms with E-state index in [0.29, 0.717) is 22.7 Å². The second-order valence-corrected chi connectivity index (χ2v) is 9.86. The third-order valence-electron chi connectivity index (χ3n) is 6.42. The number of methoxy groups -OCH3 is 1. The van der Waals surface area contributed by atoms with Crippen LogP contribution in [0, 0.1) is 13.8 Å². The second-order valence-electron chi connectivity index (χ2n) is 9.86. The molecule has 0 radical (unpaired) electrons. The van der Waals surface area contributed by atoms with E-state index in [1.807, 2.05) is 44.2 Å². The van der Waals surface area contributed by atoms with E-state index in [2.05, 4.69) is 25.8 Å². The number of aryl methyl sites for hydroxylation is 2. The number of anilines is 1. The Morgan fingerprint density at radius 3 is 2.26 bits per heavy atom. The number of amides is 1. The van der Waals surface area contributed by atoms with Crippen LogP contribution in [0.5, 0.6) is 5.75 Å². The first-order valence-corrected chi connectivity index (χ1v) is 11.5. The average Bonchev–Trinajstić information content (AvgIpc) is 3.10. The Morgan fingerprint density at radius 1 is 1.00 bits per heavy atom. The molecule has 180 valence electrons. The van der Waals surface area contributed by atoms with E-state index in [1.54, 1.807) is 37.6 Å². The van der Waals surface area contributed by atoms with Crippen molar-refractivity contribution in [3.8, 4) is 5.75 Å². The number of pyridine rings is 1. The lowest BCUT2D eigenvalue weighted by Crippen LogP contribution is -2.30. The van der Waals surface area contributed by atoms with Gasteiger partial charge in [-0.05, 0) is 72.4 Å². The number of rotatable bonds is 4. The molecule has 6 heteroatoms. The van der Waals surface area contributed by atoms with Crippen LogP contribution in [-0.2, 0) is 15.0 Å². The maximum atomic E-state index is 13.4. The molecule has 1 N–H and O–H groups in total. The van der Waals surface area contributed by atoms with Gasteiger partial charge >= 0.3 is 0 Å². The number of benzene rings is 2. The zero-order chi connectivity index (χ0) is 25.5. The van der Waals surface area contributed by atoms with E-state index in [9.17, 15) is 14.7 Å². The van der Waals surface area contributed by atoms with E-state index in [1.165, 1.54) is 4.90 Å². The summed E-state index contributed by atoms with van der Waals surface area (Å²) < 4.78 is 5.39. The molecule has 1 saturated heterocycles. The lowest BCUT2D eigenvalue weighted by molar-refractivity contribution is -0.132. The number of ether oxygens (including phenoxy) is 1. The number of ketones is 1. The normalized spacial score (nSPS) is 17.7. The summed E-state index contributed by atoms with van der Waals surface area (Å²) in [5.74, 6) is -0.990. The molecule has 4 rings (SSSR count). The zero-order valence-electron chi connectivity index (χ0n) is 20.9. The fourth-order valence-corrected chi connectivity index (χ4v) is 4.45. The van der Waals surface area contributed by atoms with E-state index >= 15 is 0 Å². The summed E-state index contributed by atoms with van der Waals surface area (Å²) in [6.07, 6.45) is 1.61. The Bertz CT molecular complexity index is 1320. The fourth-order valence-electron chi connectivity index (χ4n) is 4.45. The number of aromatic nitrogens is 1. The van der Waals surface area contributed by atoms with Crippen molar-refractivity contribution in [3.05, 3.63) is 94.3 Å². The molecule has 0 aliphatic carbocycles. The largest absolute Gasteiger partial charge is 0.507 e. The van der Waals surface area contributed by atoms with Gasteiger partial charge in [-0.2, -0.15) is 0 Å². The highest BCUT2D eigenvalue weighted by Gasteiger charge is 2.47. The lowest BCUT2D eigenvalue weighted by Gasteiger charge is -2.26. The first-order valence-electron chi connectivity index (χ1n) is 11.5. The maximum Gasteiger partial charge on any atom is 0.300 e. The Balaban J connectivity index is 1.92. The lowest BCUT2D eigenvalue weighted by atomic mass is 9.87.